The summed E-state index contributed by atoms with van der Waals surface area (Å²) in [6.07, 6.45) is 6.61. The van der Waals surface area contributed by atoms with E-state index >= 15 is 0 Å². The Morgan fingerprint density at radius 2 is 2.25 bits per heavy atom. The van der Waals surface area contributed by atoms with Gasteiger partial charge in [0.2, 0.25) is 0 Å². The maximum Gasteiger partial charge on any atom is 0.00824 e. The van der Waals surface area contributed by atoms with Crippen LogP contribution in [-0.4, -0.2) is 44.2 Å². The summed E-state index contributed by atoms with van der Waals surface area (Å²) in [5, 5.41) is 3.49. The third kappa shape index (κ3) is 3.44. The fourth-order valence-electron chi connectivity index (χ4n) is 3.26. The van der Waals surface area contributed by atoms with Gasteiger partial charge in [-0.25, -0.2) is 0 Å². The van der Waals surface area contributed by atoms with Gasteiger partial charge in [0.1, 0.15) is 0 Å². The van der Waals surface area contributed by atoms with Gasteiger partial charge in [0.25, 0.3) is 0 Å². The van der Waals surface area contributed by atoms with E-state index in [1.165, 1.54) is 58.3 Å². The van der Waals surface area contributed by atoms with Crippen molar-refractivity contribution in [1.82, 2.24) is 10.2 Å². The van der Waals surface area contributed by atoms with Gasteiger partial charge in [-0.2, -0.15) is 0 Å². The molecule has 2 fully saturated rings. The first-order chi connectivity index (χ1) is 7.75. The number of hydrogen-bond donors (Lipinski definition) is 2. The molecule has 3 heteroatoms. The third-order valence-corrected chi connectivity index (χ3v) is 4.27. The fourth-order valence-corrected chi connectivity index (χ4v) is 3.26. The first-order valence-corrected chi connectivity index (χ1v) is 6.90. The van der Waals surface area contributed by atoms with Crippen molar-refractivity contribution in [2.24, 2.45) is 17.6 Å². The molecule has 0 aromatic heterocycles. The van der Waals surface area contributed by atoms with E-state index in [1.54, 1.807) is 0 Å². The Morgan fingerprint density at radius 1 is 1.38 bits per heavy atom. The Hall–Kier alpha value is -0.120. The Balaban J connectivity index is 1.75. The first-order valence-electron chi connectivity index (χ1n) is 6.90. The zero-order chi connectivity index (χ0) is 11.4. The van der Waals surface area contributed by atoms with Gasteiger partial charge in [-0.1, -0.05) is 0 Å². The molecule has 3 N–H and O–H groups in total. The van der Waals surface area contributed by atoms with Crippen LogP contribution in [0.5, 0.6) is 0 Å². The van der Waals surface area contributed by atoms with Crippen molar-refractivity contribution in [3.8, 4) is 0 Å². The van der Waals surface area contributed by atoms with Gasteiger partial charge in [-0.3, -0.25) is 0 Å². The van der Waals surface area contributed by atoms with Crippen molar-refractivity contribution in [2.75, 3.05) is 33.2 Å². The lowest BCUT2D eigenvalue weighted by Gasteiger charge is -2.35. The monoisotopic (exact) mass is 225 g/mol. The van der Waals surface area contributed by atoms with Crippen molar-refractivity contribution in [3.05, 3.63) is 0 Å². The van der Waals surface area contributed by atoms with E-state index in [-0.39, 0.29) is 0 Å². The first kappa shape index (κ1) is 12.3. The van der Waals surface area contributed by atoms with E-state index < -0.39 is 0 Å². The van der Waals surface area contributed by atoms with Crippen LogP contribution in [0.15, 0.2) is 0 Å². The number of nitrogens with two attached hydrogens (primary N) is 1. The number of hydrogen-bond acceptors (Lipinski definition) is 3. The average Bonchev–Trinajstić information content (AvgIpc) is 2.30. The van der Waals surface area contributed by atoms with E-state index in [2.05, 4.69) is 17.3 Å². The van der Waals surface area contributed by atoms with Crippen LogP contribution in [0.3, 0.4) is 0 Å². The van der Waals surface area contributed by atoms with Gasteiger partial charge < -0.3 is 16.0 Å². The van der Waals surface area contributed by atoms with E-state index in [0.717, 1.165) is 11.8 Å². The third-order valence-electron chi connectivity index (χ3n) is 4.27. The lowest BCUT2D eigenvalue weighted by Crippen LogP contribution is -2.44. The van der Waals surface area contributed by atoms with Crippen molar-refractivity contribution >= 4 is 0 Å². The predicted molar refractivity (Wildman–Crippen MR) is 68.4 cm³/mol. The molecule has 94 valence electrons. The lowest BCUT2D eigenvalue weighted by molar-refractivity contribution is 0.171. The maximum absolute atomic E-state index is 6.39. The lowest BCUT2D eigenvalue weighted by atomic mass is 9.83. The summed E-state index contributed by atoms with van der Waals surface area (Å²) >= 11 is 0. The van der Waals surface area contributed by atoms with Gasteiger partial charge in [0, 0.05) is 12.6 Å². The van der Waals surface area contributed by atoms with Crippen LogP contribution >= 0.6 is 0 Å². The highest BCUT2D eigenvalue weighted by Crippen LogP contribution is 2.24. The second-order valence-electron chi connectivity index (χ2n) is 5.78. The van der Waals surface area contributed by atoms with Gasteiger partial charge in [0.05, 0.1) is 0 Å². The van der Waals surface area contributed by atoms with Gasteiger partial charge >= 0.3 is 0 Å². The molecule has 0 bridgehead atoms. The summed E-state index contributed by atoms with van der Waals surface area (Å²) in [6.45, 7) is 4.86. The minimum Gasteiger partial charge on any atom is -0.327 e. The fraction of sp³-hybridized carbons (Fsp3) is 1.00. The molecule has 2 aliphatic heterocycles. The molecular formula is C13H27N3. The average molecular weight is 225 g/mol. The Labute approximate surface area is 99.8 Å². The largest absolute Gasteiger partial charge is 0.327 e. The van der Waals surface area contributed by atoms with Crippen molar-refractivity contribution in [3.63, 3.8) is 0 Å². The SMILES string of the molecule is CN1CCCC(C(N)CC2CCCNC2)C1. The van der Waals surface area contributed by atoms with Crippen LogP contribution in [0.4, 0.5) is 0 Å². The molecule has 2 heterocycles. The summed E-state index contributed by atoms with van der Waals surface area (Å²) in [4.78, 5) is 2.44. The number of nitrogens with one attached hydrogen (secondary N) is 1. The minimum atomic E-state index is 0.424. The van der Waals surface area contributed by atoms with Crippen LogP contribution in [0.1, 0.15) is 32.1 Å². The number of likely N-dealkylation sites (tertiary alicyclic amines) is 1. The molecule has 0 radical (unpaired) electrons. The smallest absolute Gasteiger partial charge is 0.00824 e. The standard InChI is InChI=1S/C13H27N3/c1-16-7-3-5-12(10-16)13(14)8-11-4-2-6-15-9-11/h11-13,15H,2-10,14H2,1H3. The zero-order valence-corrected chi connectivity index (χ0v) is 10.6. The summed E-state index contributed by atoms with van der Waals surface area (Å²) in [7, 11) is 2.22. The topological polar surface area (TPSA) is 41.3 Å². The normalized spacial score (nSPS) is 34.9. The molecule has 0 amide bonds. The number of nitrogens with zero attached hydrogens (tertiary/aromatic N) is 1. The zero-order valence-electron chi connectivity index (χ0n) is 10.6. The second-order valence-corrected chi connectivity index (χ2v) is 5.78. The van der Waals surface area contributed by atoms with Gasteiger partial charge in [-0.15, -0.1) is 0 Å². The Morgan fingerprint density at radius 3 is 2.94 bits per heavy atom. The summed E-state index contributed by atoms with van der Waals surface area (Å²) in [5.74, 6) is 1.57. The van der Waals surface area contributed by atoms with E-state index in [1.807, 2.05) is 0 Å². The van der Waals surface area contributed by atoms with Crippen LogP contribution < -0.4 is 11.1 Å². The minimum absolute atomic E-state index is 0.424. The highest BCUT2D eigenvalue weighted by molar-refractivity contribution is 4.83. The molecule has 0 aromatic carbocycles. The van der Waals surface area contributed by atoms with E-state index in [4.69, 9.17) is 5.73 Å². The molecular weight excluding hydrogens is 198 g/mol. The summed E-state index contributed by atoms with van der Waals surface area (Å²) in [6, 6.07) is 0.424. The molecule has 2 rings (SSSR count). The summed E-state index contributed by atoms with van der Waals surface area (Å²) in [5.41, 5.74) is 6.39. The highest BCUT2D eigenvalue weighted by atomic mass is 15.1. The van der Waals surface area contributed by atoms with Gasteiger partial charge in [-0.05, 0) is 70.6 Å². The molecule has 16 heavy (non-hydrogen) atoms. The van der Waals surface area contributed by atoms with Gasteiger partial charge in [0.15, 0.2) is 0 Å². The molecule has 0 aliphatic carbocycles. The van der Waals surface area contributed by atoms with Crippen molar-refractivity contribution in [1.29, 1.82) is 0 Å². The molecule has 2 saturated heterocycles. The Bertz CT molecular complexity index is 201. The van der Waals surface area contributed by atoms with Crippen molar-refractivity contribution < 1.29 is 0 Å². The maximum atomic E-state index is 6.39. The Kier molecular flexibility index (Phi) is 4.62. The molecule has 0 aromatic rings. The molecule has 3 unspecified atom stereocenters. The highest BCUT2D eigenvalue weighted by Gasteiger charge is 2.25. The van der Waals surface area contributed by atoms with Crippen LogP contribution in [0.2, 0.25) is 0 Å². The molecule has 3 nitrogen and oxygen atoms in total. The quantitative estimate of drug-likeness (QED) is 0.754. The predicted octanol–water partition coefficient (Wildman–Crippen LogP) is 1.05. The van der Waals surface area contributed by atoms with Crippen molar-refractivity contribution in [2.45, 2.75) is 38.1 Å². The number of piperidine rings is 2. The van der Waals surface area contributed by atoms with E-state index in [0.29, 0.717) is 6.04 Å². The summed E-state index contributed by atoms with van der Waals surface area (Å²) < 4.78 is 0. The molecule has 0 saturated carbocycles. The molecule has 2 aliphatic rings. The van der Waals surface area contributed by atoms with E-state index in [9.17, 15) is 0 Å². The molecule has 0 spiro atoms. The molecule has 3 atom stereocenters. The second kappa shape index (κ2) is 5.99. The number of rotatable bonds is 3. The van der Waals surface area contributed by atoms with Crippen LogP contribution in [-0.2, 0) is 0 Å². The van der Waals surface area contributed by atoms with Crippen LogP contribution in [0.25, 0.3) is 0 Å². The van der Waals surface area contributed by atoms with Crippen LogP contribution in [0, 0.1) is 11.8 Å².